The van der Waals surface area contributed by atoms with Gasteiger partial charge in [0, 0.05) is 11.1 Å². The summed E-state index contributed by atoms with van der Waals surface area (Å²) >= 11 is 7.53. The van der Waals surface area contributed by atoms with Crippen LogP contribution in [0.3, 0.4) is 0 Å². The highest BCUT2D eigenvalue weighted by Gasteiger charge is 2.18. The van der Waals surface area contributed by atoms with E-state index >= 15 is 0 Å². The second-order valence-corrected chi connectivity index (χ2v) is 7.43. The van der Waals surface area contributed by atoms with Crippen molar-refractivity contribution in [2.75, 3.05) is 12.9 Å². The van der Waals surface area contributed by atoms with Gasteiger partial charge in [-0.1, -0.05) is 54.1 Å². The van der Waals surface area contributed by atoms with Gasteiger partial charge < -0.3 is 10.1 Å². The summed E-state index contributed by atoms with van der Waals surface area (Å²) in [5.74, 6) is -0.164. The Morgan fingerprint density at radius 2 is 1.69 bits per heavy atom. The fourth-order valence-electron chi connectivity index (χ4n) is 2.51. The van der Waals surface area contributed by atoms with Gasteiger partial charge in [0.15, 0.2) is 0 Å². The minimum Gasteiger partial charge on any atom is -0.469 e. The second-order valence-electron chi connectivity index (χ2n) is 5.90. The number of carbonyl (C=O) groups excluding carboxylic acids is 2. The molecule has 1 amide bonds. The molecule has 0 bridgehead atoms. The number of hydrogen-bond donors (Lipinski definition) is 1. The van der Waals surface area contributed by atoms with E-state index in [-0.39, 0.29) is 35.3 Å². The molecule has 6 heteroatoms. The van der Waals surface area contributed by atoms with E-state index in [2.05, 4.69) is 10.1 Å². The van der Waals surface area contributed by atoms with Gasteiger partial charge in [-0.05, 0) is 30.2 Å². The Kier molecular flexibility index (Phi) is 8.01. The lowest BCUT2D eigenvalue weighted by Gasteiger charge is -2.19. The maximum absolute atomic E-state index is 12.2. The lowest BCUT2D eigenvalue weighted by molar-refractivity contribution is -0.141. The fraction of sp³-hybridized carbons (Fsp3) is 0.300. The van der Waals surface area contributed by atoms with Crippen molar-refractivity contribution in [1.29, 1.82) is 0 Å². The largest absolute Gasteiger partial charge is 0.469 e. The van der Waals surface area contributed by atoms with E-state index in [9.17, 15) is 9.59 Å². The van der Waals surface area contributed by atoms with E-state index in [0.717, 1.165) is 11.1 Å². The van der Waals surface area contributed by atoms with Crippen molar-refractivity contribution in [3.05, 3.63) is 70.7 Å². The molecule has 2 aromatic carbocycles. The molecule has 0 spiro atoms. The summed E-state index contributed by atoms with van der Waals surface area (Å²) < 4.78 is 4.62. The summed E-state index contributed by atoms with van der Waals surface area (Å²) in [7, 11) is 1.34. The van der Waals surface area contributed by atoms with Gasteiger partial charge >= 0.3 is 5.97 Å². The lowest BCUT2D eigenvalue weighted by Crippen LogP contribution is -2.35. The molecule has 0 saturated heterocycles. The Labute approximate surface area is 163 Å². The number of hydrogen-bond acceptors (Lipinski definition) is 4. The SMILES string of the molecule is COC(=O)CC(C)NC(=O)CSC(c1ccccc1)c1ccc(Cl)cc1. The van der Waals surface area contributed by atoms with Crippen molar-refractivity contribution in [1.82, 2.24) is 5.32 Å². The van der Waals surface area contributed by atoms with Crippen LogP contribution >= 0.6 is 23.4 Å². The molecule has 0 aliphatic heterocycles. The third-order valence-electron chi connectivity index (χ3n) is 3.76. The van der Waals surface area contributed by atoms with E-state index in [1.54, 1.807) is 6.92 Å². The number of nitrogens with one attached hydrogen (secondary N) is 1. The fourth-order valence-corrected chi connectivity index (χ4v) is 3.74. The maximum atomic E-state index is 12.2. The summed E-state index contributed by atoms with van der Waals surface area (Å²) in [5.41, 5.74) is 2.20. The average molecular weight is 392 g/mol. The second kappa shape index (κ2) is 10.2. The van der Waals surface area contributed by atoms with Crippen molar-refractivity contribution in [2.45, 2.75) is 24.6 Å². The first-order valence-electron chi connectivity index (χ1n) is 8.27. The highest BCUT2D eigenvalue weighted by Crippen LogP contribution is 2.35. The number of amides is 1. The quantitative estimate of drug-likeness (QED) is 0.684. The van der Waals surface area contributed by atoms with Crippen LogP contribution in [0, 0.1) is 0 Å². The topological polar surface area (TPSA) is 55.4 Å². The first-order valence-corrected chi connectivity index (χ1v) is 9.70. The van der Waals surface area contributed by atoms with Crippen LogP contribution in [-0.4, -0.2) is 30.8 Å². The highest BCUT2D eigenvalue weighted by molar-refractivity contribution is 8.00. The van der Waals surface area contributed by atoms with Crippen LogP contribution in [0.4, 0.5) is 0 Å². The molecule has 0 saturated carbocycles. The molecule has 0 heterocycles. The van der Waals surface area contributed by atoms with Gasteiger partial charge in [0.25, 0.3) is 0 Å². The first-order chi connectivity index (χ1) is 12.5. The highest BCUT2D eigenvalue weighted by atomic mass is 35.5. The molecule has 138 valence electrons. The maximum Gasteiger partial charge on any atom is 0.307 e. The Hall–Kier alpha value is -1.98. The lowest BCUT2D eigenvalue weighted by atomic mass is 10.0. The smallest absolute Gasteiger partial charge is 0.307 e. The number of methoxy groups -OCH3 is 1. The van der Waals surface area contributed by atoms with E-state index in [1.807, 2.05) is 54.6 Å². The third kappa shape index (κ3) is 6.39. The van der Waals surface area contributed by atoms with Crippen LogP contribution in [0.5, 0.6) is 0 Å². The average Bonchev–Trinajstić information content (AvgIpc) is 2.64. The van der Waals surface area contributed by atoms with Crippen molar-refractivity contribution in [3.63, 3.8) is 0 Å². The predicted molar refractivity (Wildman–Crippen MR) is 106 cm³/mol. The van der Waals surface area contributed by atoms with Crippen molar-refractivity contribution < 1.29 is 14.3 Å². The molecule has 1 N–H and O–H groups in total. The van der Waals surface area contributed by atoms with Crippen molar-refractivity contribution in [3.8, 4) is 0 Å². The van der Waals surface area contributed by atoms with Crippen LogP contribution in [0.2, 0.25) is 5.02 Å². The van der Waals surface area contributed by atoms with Gasteiger partial charge in [0.05, 0.1) is 24.5 Å². The third-order valence-corrected chi connectivity index (χ3v) is 5.32. The van der Waals surface area contributed by atoms with Gasteiger partial charge in [-0.2, -0.15) is 0 Å². The van der Waals surface area contributed by atoms with E-state index in [0.29, 0.717) is 5.02 Å². The van der Waals surface area contributed by atoms with Crippen molar-refractivity contribution in [2.24, 2.45) is 0 Å². The van der Waals surface area contributed by atoms with Crippen molar-refractivity contribution >= 4 is 35.2 Å². The van der Waals surface area contributed by atoms with Crippen LogP contribution in [0.1, 0.15) is 29.7 Å². The zero-order valence-electron chi connectivity index (χ0n) is 14.8. The minimum atomic E-state index is -0.339. The summed E-state index contributed by atoms with van der Waals surface area (Å²) in [6.07, 6.45) is 0.159. The van der Waals surface area contributed by atoms with Crippen LogP contribution in [0.25, 0.3) is 0 Å². The van der Waals surface area contributed by atoms with Gasteiger partial charge in [-0.25, -0.2) is 0 Å². The Balaban J connectivity index is 2.02. The van der Waals surface area contributed by atoms with Gasteiger partial charge in [0.1, 0.15) is 0 Å². The molecule has 26 heavy (non-hydrogen) atoms. The number of thioether (sulfide) groups is 1. The number of halogens is 1. The van der Waals surface area contributed by atoms with Crippen LogP contribution in [-0.2, 0) is 14.3 Å². The molecule has 0 aliphatic rings. The molecule has 0 fully saturated rings. The Bertz CT molecular complexity index is 722. The standard InChI is InChI=1S/C20H22ClNO3S/c1-14(12-19(24)25-2)22-18(23)13-26-20(15-6-4-3-5-7-15)16-8-10-17(21)11-9-16/h3-11,14,20H,12-13H2,1-2H3,(H,22,23). The molecule has 2 atom stereocenters. The van der Waals surface area contributed by atoms with E-state index < -0.39 is 0 Å². The molecule has 0 aromatic heterocycles. The molecule has 0 aliphatic carbocycles. The summed E-state index contributed by atoms with van der Waals surface area (Å²) in [6.45, 7) is 1.79. The molecular weight excluding hydrogens is 370 g/mol. The molecular formula is C20H22ClNO3S. The zero-order chi connectivity index (χ0) is 18.9. The Morgan fingerprint density at radius 3 is 2.31 bits per heavy atom. The van der Waals surface area contributed by atoms with Gasteiger partial charge in [-0.3, -0.25) is 9.59 Å². The normalized spacial score (nSPS) is 12.9. The molecule has 4 nitrogen and oxygen atoms in total. The van der Waals surface area contributed by atoms with E-state index in [1.165, 1.54) is 18.9 Å². The minimum absolute atomic E-state index is 0.0233. The Morgan fingerprint density at radius 1 is 1.08 bits per heavy atom. The number of ether oxygens (including phenoxy) is 1. The molecule has 0 radical (unpaired) electrons. The van der Waals surface area contributed by atoms with Crippen LogP contribution < -0.4 is 5.32 Å². The monoisotopic (exact) mass is 391 g/mol. The number of rotatable bonds is 8. The zero-order valence-corrected chi connectivity index (χ0v) is 16.3. The molecule has 2 aromatic rings. The van der Waals surface area contributed by atoms with Crippen LogP contribution in [0.15, 0.2) is 54.6 Å². The van der Waals surface area contributed by atoms with Gasteiger partial charge in [-0.15, -0.1) is 11.8 Å². The van der Waals surface area contributed by atoms with Gasteiger partial charge in [0.2, 0.25) is 5.91 Å². The number of esters is 1. The van der Waals surface area contributed by atoms with E-state index in [4.69, 9.17) is 11.6 Å². The summed E-state index contributed by atoms with van der Waals surface area (Å²) in [4.78, 5) is 23.5. The molecule has 2 unspecified atom stereocenters. The predicted octanol–water partition coefficient (Wildman–Crippen LogP) is 4.23. The summed E-state index contributed by atoms with van der Waals surface area (Å²) in [6, 6.07) is 17.4. The molecule has 2 rings (SSSR count). The number of benzene rings is 2. The number of carbonyl (C=O) groups is 2. The first kappa shape index (κ1) is 20.3. The summed E-state index contributed by atoms with van der Waals surface area (Å²) in [5, 5.41) is 3.53.